The highest BCUT2D eigenvalue weighted by Gasteiger charge is 2.40. The fourth-order valence-corrected chi connectivity index (χ4v) is 11.1. The molecule has 8 amide bonds. The van der Waals surface area contributed by atoms with Gasteiger partial charge in [0, 0.05) is 87.4 Å². The molecule has 0 unspecified atom stereocenters. The summed E-state index contributed by atoms with van der Waals surface area (Å²) in [5.74, 6) is -1.54. The maximum Gasteiger partial charge on any atom is 0.260 e. The van der Waals surface area contributed by atoms with E-state index in [1.807, 2.05) is 71.4 Å². The number of rotatable bonds is 21. The monoisotopic (exact) mass is 1120 g/mol. The van der Waals surface area contributed by atoms with Crippen molar-refractivity contribution in [3.8, 4) is 23.0 Å². The van der Waals surface area contributed by atoms with Crippen molar-refractivity contribution in [3.05, 3.63) is 137 Å². The SMILES string of the molecule is COc1cc2c(cc1OCc1cc(COc3cc4c(cc3OC)C(=O)N3c5ccccc5C[C@H]3CN4C)cc(NC(=O)[C@H](C)NC(=O)[C@H](C)NC(=O)CCCCC(=O)NCCN3C(=O)C=CC3=O)c1)NC[C@@H]1Cc3ccccc3N1C2=O. The largest absolute Gasteiger partial charge is 0.493 e. The summed E-state index contributed by atoms with van der Waals surface area (Å²) in [6.07, 6.45) is 4.72. The van der Waals surface area contributed by atoms with Crippen molar-refractivity contribution in [2.45, 2.75) is 89.8 Å². The van der Waals surface area contributed by atoms with Gasteiger partial charge in [-0.3, -0.25) is 43.3 Å². The average Bonchev–Trinajstić information content (AvgIpc) is 4.06. The number of fused-ring (bicyclic) bond motifs is 8. The number of methoxy groups -OCH3 is 2. The summed E-state index contributed by atoms with van der Waals surface area (Å²) in [5.41, 5.74) is 7.83. The summed E-state index contributed by atoms with van der Waals surface area (Å²) >= 11 is 0. The highest BCUT2D eigenvalue weighted by Crippen LogP contribution is 2.44. The molecule has 5 aromatic carbocycles. The summed E-state index contributed by atoms with van der Waals surface area (Å²) in [6, 6.07) is 26.0. The van der Waals surface area contributed by atoms with Gasteiger partial charge >= 0.3 is 0 Å². The molecule has 5 aliphatic heterocycles. The number of benzene rings is 5. The molecule has 0 aromatic heterocycles. The molecule has 0 radical (unpaired) electrons. The quantitative estimate of drug-likeness (QED) is 0.0455. The van der Waals surface area contributed by atoms with Gasteiger partial charge in [0.25, 0.3) is 23.6 Å². The maximum atomic E-state index is 14.3. The fourth-order valence-electron chi connectivity index (χ4n) is 11.1. The predicted octanol–water partition coefficient (Wildman–Crippen LogP) is 5.43. The third-order valence-electron chi connectivity index (χ3n) is 15.3. The molecule has 0 fully saturated rings. The lowest BCUT2D eigenvalue weighted by atomic mass is 10.1. The van der Waals surface area contributed by atoms with Crippen LogP contribution in [0.4, 0.5) is 28.4 Å². The third-order valence-corrected chi connectivity index (χ3v) is 15.3. The van der Waals surface area contributed by atoms with E-state index in [2.05, 4.69) is 37.6 Å². The van der Waals surface area contributed by atoms with Crippen LogP contribution < -0.4 is 60.2 Å². The van der Waals surface area contributed by atoms with E-state index < -0.39 is 41.6 Å². The number of imide groups is 1. The molecular weight excluding hydrogens is 1050 g/mol. The molecule has 5 aliphatic rings. The van der Waals surface area contributed by atoms with Gasteiger partial charge in [0.1, 0.15) is 25.3 Å². The van der Waals surface area contributed by atoms with Crippen LogP contribution in [0.2, 0.25) is 0 Å². The molecule has 10 rings (SSSR count). The number of anilines is 5. The van der Waals surface area contributed by atoms with Crippen molar-refractivity contribution < 1.29 is 57.3 Å². The van der Waals surface area contributed by atoms with Gasteiger partial charge in [-0.2, -0.15) is 0 Å². The van der Waals surface area contributed by atoms with Crippen LogP contribution in [0.1, 0.15) is 82.5 Å². The Balaban J connectivity index is 0.811. The van der Waals surface area contributed by atoms with Crippen molar-refractivity contribution in [2.75, 3.05) is 72.8 Å². The fraction of sp³-hybridized carbons (Fsp3) is 0.344. The Morgan fingerprint density at radius 2 is 1.20 bits per heavy atom. The van der Waals surface area contributed by atoms with E-state index in [4.69, 9.17) is 18.9 Å². The van der Waals surface area contributed by atoms with Gasteiger partial charge in [-0.15, -0.1) is 0 Å². The molecule has 0 spiro atoms. The first kappa shape index (κ1) is 55.9. The predicted molar refractivity (Wildman–Crippen MR) is 306 cm³/mol. The molecule has 5 heterocycles. The number of carbonyl (C=O) groups is 8. The van der Waals surface area contributed by atoms with Gasteiger partial charge in [0.05, 0.1) is 48.8 Å². The van der Waals surface area contributed by atoms with Crippen molar-refractivity contribution in [2.24, 2.45) is 0 Å². The molecule has 4 atom stereocenters. The Hall–Kier alpha value is -9.40. The summed E-state index contributed by atoms with van der Waals surface area (Å²) < 4.78 is 24.6. The van der Waals surface area contributed by atoms with Crippen LogP contribution >= 0.6 is 0 Å². The Labute approximate surface area is 474 Å². The normalized spacial score (nSPS) is 17.2. The number of carbonyl (C=O) groups excluding carboxylic acids is 8. The number of hydrogen-bond acceptors (Lipinski definition) is 14. The van der Waals surface area contributed by atoms with E-state index in [1.165, 1.54) is 40.2 Å². The minimum atomic E-state index is -1.06. The lowest BCUT2D eigenvalue weighted by molar-refractivity contribution is -0.137. The minimum Gasteiger partial charge on any atom is -0.493 e. The molecule has 21 heteroatoms. The number of hydrogen-bond donors (Lipinski definition) is 5. The lowest BCUT2D eigenvalue weighted by Crippen LogP contribution is -2.50. The van der Waals surface area contributed by atoms with Crippen LogP contribution in [0.15, 0.2) is 103 Å². The number of para-hydroxylation sites is 2. The molecule has 0 saturated carbocycles. The number of unbranched alkanes of at least 4 members (excludes halogenated alkanes) is 1. The molecule has 5 aromatic rings. The molecule has 426 valence electrons. The third kappa shape index (κ3) is 11.9. The Bertz CT molecular complexity index is 3400. The van der Waals surface area contributed by atoms with Crippen LogP contribution in [0.3, 0.4) is 0 Å². The van der Waals surface area contributed by atoms with Gasteiger partial charge in [-0.25, -0.2) is 0 Å². The molecule has 0 aliphatic carbocycles. The van der Waals surface area contributed by atoms with Gasteiger partial charge < -0.3 is 60.2 Å². The van der Waals surface area contributed by atoms with Gasteiger partial charge in [0.15, 0.2) is 23.0 Å². The van der Waals surface area contributed by atoms with Gasteiger partial charge in [0.2, 0.25) is 23.6 Å². The zero-order valence-corrected chi connectivity index (χ0v) is 46.3. The van der Waals surface area contributed by atoms with Crippen LogP contribution in [0.5, 0.6) is 23.0 Å². The number of amides is 8. The molecular formula is C61H65N9O12. The van der Waals surface area contributed by atoms with E-state index >= 15 is 0 Å². The zero-order valence-electron chi connectivity index (χ0n) is 46.3. The second-order valence-electron chi connectivity index (χ2n) is 21.0. The molecule has 5 N–H and O–H groups in total. The van der Waals surface area contributed by atoms with Gasteiger partial charge in [-0.05, 0) is 104 Å². The van der Waals surface area contributed by atoms with Crippen molar-refractivity contribution in [3.63, 3.8) is 0 Å². The Morgan fingerprint density at radius 1 is 0.634 bits per heavy atom. The highest BCUT2D eigenvalue weighted by atomic mass is 16.5. The summed E-state index contributed by atoms with van der Waals surface area (Å²) in [7, 11) is 4.97. The smallest absolute Gasteiger partial charge is 0.260 e. The second kappa shape index (κ2) is 24.1. The first-order valence-electron chi connectivity index (χ1n) is 27.4. The standard InChI is InChI=1S/C61H65N9O12/c1-35(64-55(72)17-11-10-16-54(71)62-20-21-68-56(73)18-19-57(68)74)58(75)65-36(2)59(76)66-41-23-37(33-81-52-29-46-44(27-50(52)79-4)60(77)69-42(31-63-46)25-39-12-6-8-14-47(39)69)22-38(24-41)34-82-53-30-49-45(28-51(53)80-5)61(78)70-43(32-67(49)3)26-40-13-7-9-15-48(40)70/h6-9,12-15,18-19,22-24,27-30,35-36,42-43,63H,10-11,16-17,20-21,25-26,31-34H2,1-5H3,(H,62,71)(H,64,72)(H,65,75)(H,66,76)/t35-,36-,42-,43-/m0/s1. The topological polar surface area (TPSA) is 247 Å². The number of nitrogens with one attached hydrogen (secondary N) is 5. The van der Waals surface area contributed by atoms with Crippen LogP contribution in [-0.2, 0) is 54.8 Å². The molecule has 82 heavy (non-hydrogen) atoms. The van der Waals surface area contributed by atoms with E-state index in [0.29, 0.717) is 88.2 Å². The Morgan fingerprint density at radius 3 is 1.84 bits per heavy atom. The van der Waals surface area contributed by atoms with Crippen LogP contribution in [0, 0.1) is 0 Å². The first-order chi connectivity index (χ1) is 39.6. The highest BCUT2D eigenvalue weighted by molar-refractivity contribution is 6.14. The summed E-state index contributed by atoms with van der Waals surface area (Å²) in [5, 5.41) is 14.4. The molecule has 0 saturated heterocycles. The molecule has 0 bridgehead atoms. The van der Waals surface area contributed by atoms with E-state index in [9.17, 15) is 38.4 Å². The summed E-state index contributed by atoms with van der Waals surface area (Å²) in [4.78, 5) is 111. The van der Waals surface area contributed by atoms with Crippen molar-refractivity contribution in [1.82, 2.24) is 20.9 Å². The average molecular weight is 1120 g/mol. The second-order valence-corrected chi connectivity index (χ2v) is 21.0. The number of nitrogens with zero attached hydrogens (tertiary/aromatic N) is 4. The van der Waals surface area contributed by atoms with E-state index in [0.717, 1.165) is 40.2 Å². The van der Waals surface area contributed by atoms with E-state index in [1.54, 1.807) is 30.3 Å². The number of likely N-dealkylation sites (N-methyl/N-ethyl adjacent to an activating group) is 1. The first-order valence-corrected chi connectivity index (χ1v) is 27.4. The molecule has 21 nitrogen and oxygen atoms in total. The lowest BCUT2D eigenvalue weighted by Gasteiger charge is -2.25. The van der Waals surface area contributed by atoms with Crippen molar-refractivity contribution >= 4 is 75.7 Å². The van der Waals surface area contributed by atoms with E-state index in [-0.39, 0.29) is 69.0 Å². The van der Waals surface area contributed by atoms with Crippen LogP contribution in [-0.4, -0.2) is 124 Å². The zero-order chi connectivity index (χ0) is 57.8. The van der Waals surface area contributed by atoms with Crippen LogP contribution in [0.25, 0.3) is 0 Å². The van der Waals surface area contributed by atoms with Gasteiger partial charge in [-0.1, -0.05) is 36.4 Å². The minimum absolute atomic E-state index is 0.0133. The number of ether oxygens (including phenoxy) is 4. The van der Waals surface area contributed by atoms with Crippen molar-refractivity contribution in [1.29, 1.82) is 0 Å². The maximum absolute atomic E-state index is 14.3. The Kier molecular flexibility index (Phi) is 16.5. The summed E-state index contributed by atoms with van der Waals surface area (Å²) in [6.45, 7) is 4.26.